The standard InChI is InChI=1S/C23H27Cl2FN6O/c1-13-2-4-16(5-3-13)32-21-19(12-27-22(31-21)28-15-6-8-33-9-7-15)29-23(32)30-20-17(24)10-14(26)11-18(20)25/h10-13,15-16H,2-9H2,1H3,(H,29,30)(H,27,28,31). The average molecular weight is 493 g/mol. The van der Waals surface area contributed by atoms with E-state index in [-0.39, 0.29) is 22.1 Å². The Labute approximate surface area is 202 Å². The second-order valence-electron chi connectivity index (χ2n) is 9.02. The summed E-state index contributed by atoms with van der Waals surface area (Å²) in [4.78, 5) is 14.1. The zero-order chi connectivity index (χ0) is 22.9. The van der Waals surface area contributed by atoms with Crippen LogP contribution in [0.15, 0.2) is 18.3 Å². The molecule has 1 aromatic carbocycles. The molecule has 176 valence electrons. The zero-order valence-electron chi connectivity index (χ0n) is 18.5. The van der Waals surface area contributed by atoms with Crippen LogP contribution in [0.2, 0.25) is 10.0 Å². The highest BCUT2D eigenvalue weighted by Gasteiger charge is 2.26. The number of nitrogens with one attached hydrogen (secondary N) is 2. The quantitative estimate of drug-likeness (QED) is 0.431. The summed E-state index contributed by atoms with van der Waals surface area (Å²) in [5, 5.41) is 7.09. The van der Waals surface area contributed by atoms with Crippen molar-refractivity contribution in [2.24, 2.45) is 5.92 Å². The Morgan fingerprint density at radius 1 is 1.03 bits per heavy atom. The SMILES string of the molecule is CC1CCC(n2c(Nc3c(Cl)cc(F)cc3Cl)nc3cnc(NC4CCOCC4)nc32)CC1. The second kappa shape index (κ2) is 9.60. The van der Waals surface area contributed by atoms with Gasteiger partial charge in [0.2, 0.25) is 11.9 Å². The van der Waals surface area contributed by atoms with Crippen molar-refractivity contribution >= 4 is 51.9 Å². The molecule has 5 rings (SSSR count). The van der Waals surface area contributed by atoms with Crippen LogP contribution in [0, 0.1) is 11.7 Å². The Morgan fingerprint density at radius 3 is 2.42 bits per heavy atom. The molecule has 0 atom stereocenters. The molecule has 0 unspecified atom stereocenters. The fourth-order valence-corrected chi connectivity index (χ4v) is 5.25. The molecule has 0 bridgehead atoms. The number of rotatable bonds is 5. The molecule has 1 aliphatic carbocycles. The van der Waals surface area contributed by atoms with E-state index in [0.29, 0.717) is 29.0 Å². The largest absolute Gasteiger partial charge is 0.381 e. The van der Waals surface area contributed by atoms with Crippen LogP contribution in [0.25, 0.3) is 11.2 Å². The summed E-state index contributed by atoms with van der Waals surface area (Å²) in [7, 11) is 0. The van der Waals surface area contributed by atoms with Crippen molar-refractivity contribution in [3.05, 3.63) is 34.2 Å². The van der Waals surface area contributed by atoms with Crippen molar-refractivity contribution in [3.63, 3.8) is 0 Å². The van der Waals surface area contributed by atoms with Gasteiger partial charge >= 0.3 is 0 Å². The monoisotopic (exact) mass is 492 g/mol. The molecule has 2 aliphatic rings. The number of hydrogen-bond donors (Lipinski definition) is 2. The van der Waals surface area contributed by atoms with E-state index >= 15 is 0 Å². The van der Waals surface area contributed by atoms with Crippen LogP contribution < -0.4 is 10.6 Å². The number of nitrogens with zero attached hydrogens (tertiary/aromatic N) is 4. The smallest absolute Gasteiger partial charge is 0.224 e. The number of fused-ring (bicyclic) bond motifs is 1. The van der Waals surface area contributed by atoms with Crippen LogP contribution in [0.5, 0.6) is 0 Å². The van der Waals surface area contributed by atoms with Gasteiger partial charge in [0.15, 0.2) is 5.65 Å². The predicted molar refractivity (Wildman–Crippen MR) is 129 cm³/mol. The minimum absolute atomic E-state index is 0.198. The first-order valence-corrected chi connectivity index (χ1v) is 12.2. The molecule has 33 heavy (non-hydrogen) atoms. The molecular weight excluding hydrogens is 466 g/mol. The fourth-order valence-electron chi connectivity index (χ4n) is 4.69. The third-order valence-electron chi connectivity index (χ3n) is 6.58. The molecule has 2 fully saturated rings. The van der Waals surface area contributed by atoms with Crippen molar-refractivity contribution in [1.29, 1.82) is 0 Å². The maximum Gasteiger partial charge on any atom is 0.224 e. The molecule has 0 radical (unpaired) electrons. The van der Waals surface area contributed by atoms with Crippen LogP contribution in [0.4, 0.5) is 22.0 Å². The highest BCUT2D eigenvalue weighted by Crippen LogP contribution is 2.39. The summed E-state index contributed by atoms with van der Waals surface area (Å²) in [5.74, 6) is 1.38. The Hall–Kier alpha value is -2.16. The molecular formula is C23H27Cl2FN6O. The van der Waals surface area contributed by atoms with E-state index in [1.807, 2.05) is 0 Å². The van der Waals surface area contributed by atoms with E-state index < -0.39 is 5.82 Å². The number of benzene rings is 1. The molecule has 3 heterocycles. The molecule has 1 saturated heterocycles. The summed E-state index contributed by atoms with van der Waals surface area (Å²) in [6, 6.07) is 3.00. The normalized spacial score (nSPS) is 21.9. The molecule has 2 aromatic heterocycles. The van der Waals surface area contributed by atoms with E-state index in [2.05, 4.69) is 27.1 Å². The molecule has 1 aliphatic heterocycles. The Kier molecular flexibility index (Phi) is 6.58. The van der Waals surface area contributed by atoms with Crippen molar-refractivity contribution in [2.75, 3.05) is 23.8 Å². The first-order valence-electron chi connectivity index (χ1n) is 11.5. The van der Waals surface area contributed by atoms with Gasteiger partial charge in [0.05, 0.1) is 21.9 Å². The highest BCUT2D eigenvalue weighted by atomic mass is 35.5. The van der Waals surface area contributed by atoms with Crippen LogP contribution in [-0.2, 0) is 4.74 Å². The summed E-state index contributed by atoms with van der Waals surface area (Å²) in [6.07, 6.45) is 7.92. The average Bonchev–Trinajstić information content (AvgIpc) is 3.15. The van der Waals surface area contributed by atoms with Crippen molar-refractivity contribution in [2.45, 2.75) is 57.5 Å². The number of aromatic nitrogens is 4. The number of anilines is 3. The number of hydrogen-bond acceptors (Lipinski definition) is 6. The molecule has 3 aromatic rings. The number of halogens is 3. The summed E-state index contributed by atoms with van der Waals surface area (Å²) in [5.41, 5.74) is 1.87. The summed E-state index contributed by atoms with van der Waals surface area (Å²) in [6.45, 7) is 3.77. The molecule has 10 heteroatoms. The van der Waals surface area contributed by atoms with Crippen LogP contribution in [0.1, 0.15) is 51.5 Å². The number of imidazole rings is 1. The van der Waals surface area contributed by atoms with Gasteiger partial charge in [-0.3, -0.25) is 4.57 Å². The minimum atomic E-state index is -0.486. The van der Waals surface area contributed by atoms with Gasteiger partial charge in [0.25, 0.3) is 0 Å². The van der Waals surface area contributed by atoms with Gasteiger partial charge in [-0.25, -0.2) is 14.4 Å². The maximum absolute atomic E-state index is 13.7. The maximum atomic E-state index is 13.7. The molecule has 2 N–H and O–H groups in total. The fraction of sp³-hybridized carbons (Fsp3) is 0.522. The minimum Gasteiger partial charge on any atom is -0.381 e. The summed E-state index contributed by atoms with van der Waals surface area (Å²) >= 11 is 12.6. The highest BCUT2D eigenvalue weighted by molar-refractivity contribution is 6.39. The van der Waals surface area contributed by atoms with Crippen LogP contribution in [-0.4, -0.2) is 38.8 Å². The van der Waals surface area contributed by atoms with Gasteiger partial charge in [-0.15, -0.1) is 0 Å². The lowest BCUT2D eigenvalue weighted by Gasteiger charge is -2.29. The van der Waals surface area contributed by atoms with Crippen LogP contribution >= 0.6 is 23.2 Å². The molecule has 7 nitrogen and oxygen atoms in total. The van der Waals surface area contributed by atoms with Gasteiger partial charge < -0.3 is 15.4 Å². The molecule has 0 spiro atoms. The van der Waals surface area contributed by atoms with E-state index in [1.54, 1.807) is 6.20 Å². The number of ether oxygens (including phenoxy) is 1. The van der Waals surface area contributed by atoms with Gasteiger partial charge in [0, 0.05) is 25.3 Å². The van der Waals surface area contributed by atoms with Crippen molar-refractivity contribution < 1.29 is 9.13 Å². The van der Waals surface area contributed by atoms with E-state index in [1.165, 1.54) is 12.1 Å². The Bertz CT molecular complexity index is 1120. The third kappa shape index (κ3) is 4.88. The lowest BCUT2D eigenvalue weighted by Crippen LogP contribution is -2.28. The Balaban J connectivity index is 1.54. The van der Waals surface area contributed by atoms with E-state index in [4.69, 9.17) is 37.9 Å². The molecule has 1 saturated carbocycles. The van der Waals surface area contributed by atoms with Gasteiger partial charge in [-0.1, -0.05) is 30.1 Å². The van der Waals surface area contributed by atoms with E-state index in [9.17, 15) is 4.39 Å². The van der Waals surface area contributed by atoms with Gasteiger partial charge in [0.1, 0.15) is 11.3 Å². The van der Waals surface area contributed by atoms with E-state index in [0.717, 1.165) is 57.4 Å². The first kappa shape index (κ1) is 22.6. The summed E-state index contributed by atoms with van der Waals surface area (Å²) < 4.78 is 21.3. The lowest BCUT2D eigenvalue weighted by molar-refractivity contribution is 0.0903. The third-order valence-corrected chi connectivity index (χ3v) is 7.18. The van der Waals surface area contributed by atoms with Crippen LogP contribution in [0.3, 0.4) is 0 Å². The Morgan fingerprint density at radius 2 is 1.73 bits per heavy atom. The van der Waals surface area contributed by atoms with Crippen molar-refractivity contribution in [1.82, 2.24) is 19.5 Å². The lowest BCUT2D eigenvalue weighted by atomic mass is 9.87. The van der Waals surface area contributed by atoms with Gasteiger partial charge in [-0.05, 0) is 56.6 Å². The van der Waals surface area contributed by atoms with Crippen molar-refractivity contribution in [3.8, 4) is 0 Å². The topological polar surface area (TPSA) is 76.9 Å². The molecule has 0 amide bonds. The predicted octanol–water partition coefficient (Wildman–Crippen LogP) is 6.36. The second-order valence-corrected chi connectivity index (χ2v) is 9.84. The zero-order valence-corrected chi connectivity index (χ0v) is 20.0. The first-order chi connectivity index (χ1) is 16.0. The van der Waals surface area contributed by atoms with Gasteiger partial charge in [-0.2, -0.15) is 4.98 Å².